The van der Waals surface area contributed by atoms with Gasteiger partial charge < -0.3 is 24.6 Å². The van der Waals surface area contributed by atoms with Crippen LogP contribution in [-0.4, -0.2) is 52.1 Å². The Labute approximate surface area is 228 Å². The molecule has 198 valence electrons. The van der Waals surface area contributed by atoms with Crippen LogP contribution < -0.4 is 14.9 Å². The summed E-state index contributed by atoms with van der Waals surface area (Å²) >= 11 is 1.78. The molecule has 0 bridgehead atoms. The van der Waals surface area contributed by atoms with Gasteiger partial charge in [-0.05, 0) is 72.7 Å². The SMILES string of the molecule is CCn1cc2c3c(cc(C(=O)N[C@@H](Cc4ccccc4)[C@H](O)CNCc4ccncc4)cc31)N(C)SCC2. The van der Waals surface area contributed by atoms with E-state index >= 15 is 0 Å². The molecule has 8 heteroatoms. The molecule has 4 aromatic rings. The first kappa shape index (κ1) is 26.3. The molecule has 1 aliphatic rings. The highest BCUT2D eigenvalue weighted by molar-refractivity contribution is 8.00. The Kier molecular flexibility index (Phi) is 8.32. The number of aryl methyl sites for hydroxylation is 2. The topological polar surface area (TPSA) is 82.4 Å². The van der Waals surface area contributed by atoms with Gasteiger partial charge in [0.25, 0.3) is 5.91 Å². The summed E-state index contributed by atoms with van der Waals surface area (Å²) in [7, 11) is 2.07. The van der Waals surface area contributed by atoms with Crippen molar-refractivity contribution in [3.8, 4) is 0 Å². The molecule has 0 radical (unpaired) electrons. The molecule has 3 heterocycles. The average molecular weight is 530 g/mol. The van der Waals surface area contributed by atoms with E-state index < -0.39 is 12.1 Å². The van der Waals surface area contributed by atoms with Crippen molar-refractivity contribution in [2.45, 2.75) is 45.0 Å². The van der Waals surface area contributed by atoms with Crippen molar-refractivity contribution in [3.63, 3.8) is 0 Å². The van der Waals surface area contributed by atoms with Crippen LogP contribution in [0.1, 0.15) is 34.0 Å². The lowest BCUT2D eigenvalue weighted by atomic mass is 10.00. The summed E-state index contributed by atoms with van der Waals surface area (Å²) in [6.45, 7) is 3.94. The zero-order valence-corrected chi connectivity index (χ0v) is 22.7. The zero-order chi connectivity index (χ0) is 26.5. The lowest BCUT2D eigenvalue weighted by Crippen LogP contribution is -2.48. The number of hydrogen-bond acceptors (Lipinski definition) is 6. The number of nitrogens with one attached hydrogen (secondary N) is 2. The van der Waals surface area contributed by atoms with Crippen molar-refractivity contribution in [3.05, 3.63) is 95.4 Å². The molecule has 0 fully saturated rings. The highest BCUT2D eigenvalue weighted by atomic mass is 32.2. The van der Waals surface area contributed by atoms with Crippen LogP contribution in [-0.2, 0) is 25.9 Å². The van der Waals surface area contributed by atoms with E-state index in [4.69, 9.17) is 0 Å². The number of nitrogens with zero attached hydrogens (tertiary/aromatic N) is 3. The van der Waals surface area contributed by atoms with E-state index in [2.05, 4.69) is 44.7 Å². The number of pyridine rings is 1. The summed E-state index contributed by atoms with van der Waals surface area (Å²) in [4.78, 5) is 17.7. The monoisotopic (exact) mass is 529 g/mol. The van der Waals surface area contributed by atoms with Gasteiger partial charge in [-0.2, -0.15) is 0 Å². The van der Waals surface area contributed by atoms with Crippen LogP contribution in [0.5, 0.6) is 0 Å². The average Bonchev–Trinajstić information content (AvgIpc) is 3.22. The predicted octanol–water partition coefficient (Wildman–Crippen LogP) is 4.19. The van der Waals surface area contributed by atoms with Gasteiger partial charge in [-0.15, -0.1) is 0 Å². The van der Waals surface area contributed by atoms with E-state index in [1.165, 1.54) is 10.9 Å². The van der Waals surface area contributed by atoms with E-state index in [-0.39, 0.29) is 5.91 Å². The molecule has 5 rings (SSSR count). The minimum absolute atomic E-state index is 0.176. The van der Waals surface area contributed by atoms with Gasteiger partial charge in [-0.25, -0.2) is 0 Å². The van der Waals surface area contributed by atoms with Crippen LogP contribution in [0.2, 0.25) is 0 Å². The van der Waals surface area contributed by atoms with Crippen molar-refractivity contribution in [2.24, 2.45) is 0 Å². The van der Waals surface area contributed by atoms with Crippen molar-refractivity contribution in [1.82, 2.24) is 20.2 Å². The summed E-state index contributed by atoms with van der Waals surface area (Å²) < 4.78 is 4.41. The normalized spacial score (nSPS) is 14.8. The van der Waals surface area contributed by atoms with Crippen molar-refractivity contribution < 1.29 is 9.90 Å². The molecule has 7 nitrogen and oxygen atoms in total. The van der Waals surface area contributed by atoms with Crippen LogP contribution in [0.3, 0.4) is 0 Å². The molecular formula is C30H35N5O2S. The number of aliphatic hydroxyl groups excluding tert-OH is 1. The number of carbonyl (C=O) groups excluding carboxylic acids is 1. The quantitative estimate of drug-likeness (QED) is 0.267. The fourth-order valence-electron chi connectivity index (χ4n) is 5.09. The van der Waals surface area contributed by atoms with Gasteiger partial charge in [0.1, 0.15) is 0 Å². The van der Waals surface area contributed by atoms with Crippen molar-refractivity contribution >= 4 is 34.4 Å². The molecular weight excluding hydrogens is 494 g/mol. The van der Waals surface area contributed by atoms with Crippen LogP contribution in [0.4, 0.5) is 5.69 Å². The molecule has 1 amide bonds. The molecule has 3 N–H and O–H groups in total. The van der Waals surface area contributed by atoms with Gasteiger partial charge in [0.15, 0.2) is 0 Å². The maximum Gasteiger partial charge on any atom is 0.251 e. The molecule has 0 aliphatic carbocycles. The summed E-state index contributed by atoms with van der Waals surface area (Å²) in [5.74, 6) is 0.832. The minimum atomic E-state index is -0.768. The second-order valence-corrected chi connectivity index (χ2v) is 10.9. The van der Waals surface area contributed by atoms with Gasteiger partial charge >= 0.3 is 0 Å². The maximum absolute atomic E-state index is 13.7. The predicted molar refractivity (Wildman–Crippen MR) is 156 cm³/mol. The summed E-state index contributed by atoms with van der Waals surface area (Å²) in [5, 5.41) is 18.9. The second kappa shape index (κ2) is 12.0. The number of anilines is 1. The lowest BCUT2D eigenvalue weighted by Gasteiger charge is -2.25. The van der Waals surface area contributed by atoms with Gasteiger partial charge in [0.05, 0.1) is 23.3 Å². The number of benzene rings is 2. The maximum atomic E-state index is 13.7. The number of rotatable bonds is 10. The fourth-order valence-corrected chi connectivity index (χ4v) is 5.96. The number of aromatic nitrogens is 2. The molecule has 0 spiro atoms. The standard InChI is InChI=1S/C30H35N5O2S/c1-3-35-20-23-11-14-38-34(2)26-16-24(17-27(35)29(23)26)30(37)33-25(15-21-7-5-4-6-8-21)28(36)19-32-18-22-9-12-31-13-10-22/h4-10,12-13,16-17,20,25,28,32,36H,3,11,14-15,18-19H2,1-2H3,(H,33,37)/t25-,28+/m0/s1. The fraction of sp³-hybridized carbons (Fsp3) is 0.333. The van der Waals surface area contributed by atoms with Gasteiger partial charge in [0.2, 0.25) is 0 Å². The highest BCUT2D eigenvalue weighted by Gasteiger charge is 2.25. The molecule has 38 heavy (non-hydrogen) atoms. The van der Waals surface area contributed by atoms with Crippen molar-refractivity contribution in [2.75, 3.05) is 23.7 Å². The Balaban J connectivity index is 1.38. The Morgan fingerprint density at radius 1 is 1.13 bits per heavy atom. The summed E-state index contributed by atoms with van der Waals surface area (Å²) in [5.41, 5.74) is 6.24. The van der Waals surface area contributed by atoms with E-state index in [1.54, 1.807) is 24.3 Å². The minimum Gasteiger partial charge on any atom is -0.390 e. The molecule has 0 saturated heterocycles. The van der Waals surface area contributed by atoms with Crippen LogP contribution in [0.25, 0.3) is 10.9 Å². The van der Waals surface area contributed by atoms with E-state index in [9.17, 15) is 9.90 Å². The number of amides is 1. The number of carbonyl (C=O) groups is 1. The second-order valence-electron chi connectivity index (χ2n) is 9.73. The molecule has 2 aromatic carbocycles. The van der Waals surface area contributed by atoms with Crippen LogP contribution >= 0.6 is 11.9 Å². The Morgan fingerprint density at radius 3 is 2.68 bits per heavy atom. The Hall–Kier alpha value is -3.33. The van der Waals surface area contributed by atoms with E-state index in [0.717, 1.165) is 41.0 Å². The lowest BCUT2D eigenvalue weighted by molar-refractivity contribution is 0.0830. The highest BCUT2D eigenvalue weighted by Crippen LogP contribution is 2.38. The van der Waals surface area contributed by atoms with Crippen LogP contribution in [0.15, 0.2) is 73.2 Å². The third-order valence-electron chi connectivity index (χ3n) is 7.15. The van der Waals surface area contributed by atoms with Crippen LogP contribution in [0, 0.1) is 0 Å². The van der Waals surface area contributed by atoms with Crippen molar-refractivity contribution in [1.29, 1.82) is 0 Å². The number of hydrogen-bond donors (Lipinski definition) is 3. The Morgan fingerprint density at radius 2 is 1.92 bits per heavy atom. The Bertz CT molecular complexity index is 1380. The first-order valence-corrected chi connectivity index (χ1v) is 14.1. The van der Waals surface area contributed by atoms with E-state index in [1.807, 2.05) is 54.6 Å². The third kappa shape index (κ3) is 5.88. The van der Waals surface area contributed by atoms with E-state index in [0.29, 0.717) is 25.1 Å². The first-order chi connectivity index (χ1) is 18.5. The molecule has 2 atom stereocenters. The smallest absolute Gasteiger partial charge is 0.251 e. The third-order valence-corrected chi connectivity index (χ3v) is 8.12. The molecule has 2 aromatic heterocycles. The summed E-state index contributed by atoms with van der Waals surface area (Å²) in [6.07, 6.45) is 6.51. The molecule has 1 aliphatic heterocycles. The molecule has 0 unspecified atom stereocenters. The zero-order valence-electron chi connectivity index (χ0n) is 21.9. The first-order valence-electron chi connectivity index (χ1n) is 13.2. The summed E-state index contributed by atoms with van der Waals surface area (Å²) in [6, 6.07) is 17.4. The van der Waals surface area contributed by atoms with Gasteiger partial charge in [0, 0.05) is 62.0 Å². The molecule has 0 saturated carbocycles. The number of aliphatic hydroxyl groups is 1. The largest absolute Gasteiger partial charge is 0.390 e. The van der Waals surface area contributed by atoms with Gasteiger partial charge in [-0.3, -0.25) is 9.78 Å². The van der Waals surface area contributed by atoms with Gasteiger partial charge in [-0.1, -0.05) is 30.3 Å².